The average Bonchev–Trinajstić information content (AvgIpc) is 2.50. The molecule has 1 aliphatic rings. The van der Waals surface area contributed by atoms with E-state index in [2.05, 4.69) is 66.5 Å². The van der Waals surface area contributed by atoms with Crippen LogP contribution < -0.4 is 10.2 Å². The number of hydrogen-bond acceptors (Lipinski definition) is 2. The Morgan fingerprint density at radius 1 is 1.15 bits per heavy atom. The van der Waals surface area contributed by atoms with E-state index in [1.165, 1.54) is 22.9 Å². The zero-order chi connectivity index (χ0) is 13.9. The molecular formula is C18H24N2. The first-order chi connectivity index (χ1) is 9.81. The fourth-order valence-electron chi connectivity index (χ4n) is 3.51. The molecule has 2 unspecified atom stereocenters. The highest BCUT2D eigenvalue weighted by atomic mass is 15.2. The molecule has 0 bridgehead atoms. The third kappa shape index (κ3) is 2.40. The van der Waals surface area contributed by atoms with Gasteiger partial charge in [0.15, 0.2) is 0 Å². The number of rotatable bonds is 3. The molecule has 106 valence electrons. The lowest BCUT2D eigenvalue weighted by Gasteiger charge is -2.40. The van der Waals surface area contributed by atoms with Crippen LogP contribution in [-0.2, 0) is 0 Å². The van der Waals surface area contributed by atoms with Gasteiger partial charge in [-0.25, -0.2) is 0 Å². The van der Waals surface area contributed by atoms with E-state index in [0.29, 0.717) is 12.0 Å². The van der Waals surface area contributed by atoms with Crippen molar-refractivity contribution in [2.75, 3.05) is 24.5 Å². The number of anilines is 1. The number of piperidine rings is 1. The lowest BCUT2D eigenvalue weighted by Crippen LogP contribution is -2.48. The minimum atomic E-state index is 0.645. The Labute approximate surface area is 121 Å². The number of nitrogens with one attached hydrogen (secondary N) is 1. The number of nitrogens with zero attached hydrogens (tertiary/aromatic N) is 1. The van der Waals surface area contributed by atoms with Gasteiger partial charge in [-0.05, 0) is 43.8 Å². The van der Waals surface area contributed by atoms with E-state index >= 15 is 0 Å². The third-order valence-electron chi connectivity index (χ3n) is 4.56. The van der Waals surface area contributed by atoms with Gasteiger partial charge >= 0.3 is 0 Å². The number of fused-ring (bicyclic) bond motifs is 1. The molecule has 0 saturated carbocycles. The standard InChI is InChI=1S/C18H24N2/c1-3-20(17-11-12-19-13-14(17)2)18-10-6-8-15-7-4-5-9-16(15)18/h4-10,14,17,19H,3,11-13H2,1-2H3. The predicted molar refractivity (Wildman–Crippen MR) is 87.4 cm³/mol. The molecule has 3 rings (SSSR count). The van der Waals surface area contributed by atoms with Gasteiger partial charge in [0.2, 0.25) is 0 Å². The Kier molecular flexibility index (Phi) is 3.93. The highest BCUT2D eigenvalue weighted by Crippen LogP contribution is 2.31. The molecular weight excluding hydrogens is 244 g/mol. The molecule has 2 nitrogen and oxygen atoms in total. The second kappa shape index (κ2) is 5.84. The smallest absolute Gasteiger partial charge is 0.0448 e. The summed E-state index contributed by atoms with van der Waals surface area (Å²) in [5.74, 6) is 0.697. The molecule has 2 atom stereocenters. The van der Waals surface area contributed by atoms with Gasteiger partial charge in [-0.2, -0.15) is 0 Å². The molecule has 2 heteroatoms. The SMILES string of the molecule is CCN(c1cccc2ccccc12)C1CCNCC1C. The molecule has 1 saturated heterocycles. The summed E-state index contributed by atoms with van der Waals surface area (Å²) >= 11 is 0. The Bertz CT molecular complexity index is 573. The van der Waals surface area contributed by atoms with Crippen LogP contribution in [0.2, 0.25) is 0 Å². The summed E-state index contributed by atoms with van der Waals surface area (Å²) in [5, 5.41) is 6.22. The summed E-state index contributed by atoms with van der Waals surface area (Å²) in [4.78, 5) is 2.60. The van der Waals surface area contributed by atoms with Crippen LogP contribution in [0.15, 0.2) is 42.5 Å². The van der Waals surface area contributed by atoms with Crippen molar-refractivity contribution in [2.24, 2.45) is 5.92 Å². The van der Waals surface area contributed by atoms with Crippen molar-refractivity contribution in [2.45, 2.75) is 26.3 Å². The summed E-state index contributed by atoms with van der Waals surface area (Å²) < 4.78 is 0. The summed E-state index contributed by atoms with van der Waals surface area (Å²) in [7, 11) is 0. The van der Waals surface area contributed by atoms with Crippen molar-refractivity contribution in [3.8, 4) is 0 Å². The van der Waals surface area contributed by atoms with Gasteiger partial charge in [0.05, 0.1) is 0 Å². The second-order valence-electron chi connectivity index (χ2n) is 5.82. The molecule has 20 heavy (non-hydrogen) atoms. The van der Waals surface area contributed by atoms with Gasteiger partial charge in [0, 0.05) is 23.7 Å². The summed E-state index contributed by atoms with van der Waals surface area (Å²) in [6, 6.07) is 16.0. The molecule has 2 aromatic carbocycles. The van der Waals surface area contributed by atoms with E-state index in [0.717, 1.165) is 19.6 Å². The van der Waals surface area contributed by atoms with E-state index in [1.807, 2.05) is 0 Å². The molecule has 1 N–H and O–H groups in total. The average molecular weight is 268 g/mol. The van der Waals surface area contributed by atoms with E-state index in [4.69, 9.17) is 0 Å². The molecule has 0 aromatic heterocycles. The maximum atomic E-state index is 3.51. The Hall–Kier alpha value is -1.54. The van der Waals surface area contributed by atoms with Crippen LogP contribution in [0.25, 0.3) is 10.8 Å². The van der Waals surface area contributed by atoms with Crippen molar-refractivity contribution < 1.29 is 0 Å². The fourth-order valence-corrected chi connectivity index (χ4v) is 3.51. The minimum absolute atomic E-state index is 0.645. The van der Waals surface area contributed by atoms with Crippen LogP contribution in [0.4, 0.5) is 5.69 Å². The van der Waals surface area contributed by atoms with Crippen LogP contribution in [0.5, 0.6) is 0 Å². The predicted octanol–water partition coefficient (Wildman–Crippen LogP) is 3.66. The molecule has 2 aromatic rings. The van der Waals surface area contributed by atoms with Gasteiger partial charge < -0.3 is 10.2 Å². The van der Waals surface area contributed by atoms with Crippen LogP contribution in [0.3, 0.4) is 0 Å². The molecule has 0 amide bonds. The van der Waals surface area contributed by atoms with E-state index in [-0.39, 0.29) is 0 Å². The van der Waals surface area contributed by atoms with Crippen molar-refractivity contribution in [1.29, 1.82) is 0 Å². The molecule has 0 radical (unpaired) electrons. The lowest BCUT2D eigenvalue weighted by atomic mass is 9.92. The highest BCUT2D eigenvalue weighted by Gasteiger charge is 2.27. The first-order valence-corrected chi connectivity index (χ1v) is 7.76. The van der Waals surface area contributed by atoms with Gasteiger partial charge in [-0.1, -0.05) is 43.3 Å². The molecule has 0 aliphatic carbocycles. The number of hydrogen-bond donors (Lipinski definition) is 1. The van der Waals surface area contributed by atoms with Crippen molar-refractivity contribution >= 4 is 16.5 Å². The van der Waals surface area contributed by atoms with Crippen LogP contribution in [0, 0.1) is 5.92 Å². The van der Waals surface area contributed by atoms with Crippen molar-refractivity contribution in [1.82, 2.24) is 5.32 Å². The topological polar surface area (TPSA) is 15.3 Å². The highest BCUT2D eigenvalue weighted by molar-refractivity contribution is 5.94. The summed E-state index contributed by atoms with van der Waals surface area (Å²) in [6.45, 7) is 7.98. The van der Waals surface area contributed by atoms with Gasteiger partial charge in [-0.15, -0.1) is 0 Å². The number of benzene rings is 2. The second-order valence-corrected chi connectivity index (χ2v) is 5.82. The molecule has 1 heterocycles. The molecule has 1 fully saturated rings. The van der Waals surface area contributed by atoms with Crippen molar-refractivity contribution in [3.63, 3.8) is 0 Å². The quantitative estimate of drug-likeness (QED) is 0.914. The van der Waals surface area contributed by atoms with Crippen LogP contribution >= 0.6 is 0 Å². The minimum Gasteiger partial charge on any atom is -0.368 e. The normalized spacial score (nSPS) is 22.9. The zero-order valence-corrected chi connectivity index (χ0v) is 12.5. The monoisotopic (exact) mass is 268 g/mol. The zero-order valence-electron chi connectivity index (χ0n) is 12.5. The maximum absolute atomic E-state index is 3.51. The Morgan fingerprint density at radius 2 is 1.95 bits per heavy atom. The van der Waals surface area contributed by atoms with Crippen molar-refractivity contribution in [3.05, 3.63) is 42.5 Å². The first kappa shape index (κ1) is 13.4. The van der Waals surface area contributed by atoms with Crippen LogP contribution in [0.1, 0.15) is 20.3 Å². The Balaban J connectivity index is 2.02. The van der Waals surface area contributed by atoms with Crippen LogP contribution in [-0.4, -0.2) is 25.7 Å². The molecule has 0 spiro atoms. The largest absolute Gasteiger partial charge is 0.368 e. The van der Waals surface area contributed by atoms with Gasteiger partial charge in [0.1, 0.15) is 0 Å². The lowest BCUT2D eigenvalue weighted by molar-refractivity contribution is 0.333. The van der Waals surface area contributed by atoms with Gasteiger partial charge in [-0.3, -0.25) is 0 Å². The fraction of sp³-hybridized carbons (Fsp3) is 0.444. The van der Waals surface area contributed by atoms with E-state index < -0.39 is 0 Å². The van der Waals surface area contributed by atoms with E-state index in [9.17, 15) is 0 Å². The Morgan fingerprint density at radius 3 is 2.75 bits per heavy atom. The maximum Gasteiger partial charge on any atom is 0.0448 e. The summed E-state index contributed by atoms with van der Waals surface area (Å²) in [5.41, 5.74) is 1.39. The third-order valence-corrected chi connectivity index (χ3v) is 4.56. The molecule has 1 aliphatic heterocycles. The first-order valence-electron chi connectivity index (χ1n) is 7.76. The van der Waals surface area contributed by atoms with E-state index in [1.54, 1.807) is 0 Å². The van der Waals surface area contributed by atoms with Gasteiger partial charge in [0.25, 0.3) is 0 Å². The summed E-state index contributed by atoms with van der Waals surface area (Å²) in [6.07, 6.45) is 1.23.